The summed E-state index contributed by atoms with van der Waals surface area (Å²) in [5.41, 5.74) is -1.56. The molecule has 0 fully saturated rings. The molecule has 0 saturated heterocycles. The third-order valence-corrected chi connectivity index (χ3v) is 2.70. The second kappa shape index (κ2) is 5.65. The van der Waals surface area contributed by atoms with Crippen molar-refractivity contribution in [2.24, 2.45) is 0 Å². The normalized spacial score (nSPS) is 14.0. The standard InChI is InChI=1S/C14H17F3O2/c1-5-12(18-4)13(2,3)19-11-8-6-7-10(9-11)14(15,16)17/h5-9,12H,1H2,2-4H3. The second-order valence-corrected chi connectivity index (χ2v) is 4.62. The Kier molecular flexibility index (Phi) is 4.63. The van der Waals surface area contributed by atoms with Crippen LogP contribution in [0.15, 0.2) is 36.9 Å². The van der Waals surface area contributed by atoms with Crippen LogP contribution < -0.4 is 4.74 Å². The number of rotatable bonds is 5. The minimum absolute atomic E-state index is 0.142. The molecular weight excluding hydrogens is 257 g/mol. The molecule has 0 amide bonds. The first-order chi connectivity index (χ1) is 8.70. The summed E-state index contributed by atoms with van der Waals surface area (Å²) in [5.74, 6) is 0.142. The number of alkyl halides is 3. The van der Waals surface area contributed by atoms with E-state index in [2.05, 4.69) is 6.58 Å². The van der Waals surface area contributed by atoms with Crippen molar-refractivity contribution >= 4 is 0 Å². The van der Waals surface area contributed by atoms with Gasteiger partial charge in [-0.05, 0) is 32.0 Å². The molecule has 19 heavy (non-hydrogen) atoms. The summed E-state index contributed by atoms with van der Waals surface area (Å²) in [5, 5.41) is 0. The summed E-state index contributed by atoms with van der Waals surface area (Å²) >= 11 is 0. The van der Waals surface area contributed by atoms with E-state index < -0.39 is 23.4 Å². The largest absolute Gasteiger partial charge is 0.485 e. The number of methoxy groups -OCH3 is 1. The molecule has 2 nitrogen and oxygen atoms in total. The van der Waals surface area contributed by atoms with E-state index in [1.54, 1.807) is 19.9 Å². The van der Waals surface area contributed by atoms with Crippen molar-refractivity contribution in [1.29, 1.82) is 0 Å². The average molecular weight is 274 g/mol. The third-order valence-electron chi connectivity index (χ3n) is 2.70. The lowest BCUT2D eigenvalue weighted by molar-refractivity contribution is -0.137. The van der Waals surface area contributed by atoms with Gasteiger partial charge in [0.05, 0.1) is 5.56 Å². The Morgan fingerprint density at radius 2 is 1.89 bits per heavy atom. The molecule has 0 N–H and O–H groups in total. The van der Waals surface area contributed by atoms with Crippen molar-refractivity contribution in [1.82, 2.24) is 0 Å². The van der Waals surface area contributed by atoms with E-state index in [1.807, 2.05) is 0 Å². The fraction of sp³-hybridized carbons (Fsp3) is 0.429. The summed E-state index contributed by atoms with van der Waals surface area (Å²) in [6, 6.07) is 4.76. The van der Waals surface area contributed by atoms with Crippen LogP contribution in [-0.4, -0.2) is 18.8 Å². The summed E-state index contributed by atoms with van der Waals surface area (Å²) < 4.78 is 48.5. The molecule has 0 aliphatic rings. The van der Waals surface area contributed by atoms with E-state index in [1.165, 1.54) is 19.2 Å². The van der Waals surface area contributed by atoms with Gasteiger partial charge in [0.25, 0.3) is 0 Å². The monoisotopic (exact) mass is 274 g/mol. The van der Waals surface area contributed by atoms with Crippen molar-refractivity contribution in [3.63, 3.8) is 0 Å². The maximum absolute atomic E-state index is 12.6. The molecule has 0 bridgehead atoms. The minimum Gasteiger partial charge on any atom is -0.485 e. The molecule has 0 aliphatic heterocycles. The van der Waals surface area contributed by atoms with Crippen molar-refractivity contribution in [3.8, 4) is 5.75 Å². The smallest absolute Gasteiger partial charge is 0.416 e. The predicted octanol–water partition coefficient (Wildman–Crippen LogP) is 4.06. The van der Waals surface area contributed by atoms with Crippen LogP contribution >= 0.6 is 0 Å². The van der Waals surface area contributed by atoms with Crippen molar-refractivity contribution < 1.29 is 22.6 Å². The molecule has 0 heterocycles. The zero-order chi connectivity index (χ0) is 14.7. The lowest BCUT2D eigenvalue weighted by Crippen LogP contribution is -2.41. The number of hydrogen-bond acceptors (Lipinski definition) is 2. The molecule has 0 aliphatic carbocycles. The highest BCUT2D eigenvalue weighted by atomic mass is 19.4. The van der Waals surface area contributed by atoms with Crippen LogP contribution in [0, 0.1) is 0 Å². The van der Waals surface area contributed by atoms with Gasteiger partial charge in [0.2, 0.25) is 0 Å². The molecule has 0 radical (unpaired) electrons. The van der Waals surface area contributed by atoms with Gasteiger partial charge in [-0.2, -0.15) is 13.2 Å². The van der Waals surface area contributed by atoms with Gasteiger partial charge in [-0.3, -0.25) is 0 Å². The van der Waals surface area contributed by atoms with Crippen LogP contribution in [0.2, 0.25) is 0 Å². The molecule has 0 aromatic heterocycles. The SMILES string of the molecule is C=CC(OC)C(C)(C)Oc1cccc(C(F)(F)F)c1. The summed E-state index contributed by atoms with van der Waals surface area (Å²) in [4.78, 5) is 0. The fourth-order valence-corrected chi connectivity index (χ4v) is 1.76. The molecule has 106 valence electrons. The second-order valence-electron chi connectivity index (χ2n) is 4.62. The van der Waals surface area contributed by atoms with Crippen LogP contribution in [0.25, 0.3) is 0 Å². The van der Waals surface area contributed by atoms with Crippen LogP contribution in [0.5, 0.6) is 5.75 Å². The average Bonchev–Trinajstić information content (AvgIpc) is 2.28. The van der Waals surface area contributed by atoms with Gasteiger partial charge in [0.1, 0.15) is 17.5 Å². The Labute approximate surface area is 110 Å². The van der Waals surface area contributed by atoms with Crippen molar-refractivity contribution in [2.75, 3.05) is 7.11 Å². The molecule has 1 rings (SSSR count). The van der Waals surface area contributed by atoms with Crippen LogP contribution in [0.1, 0.15) is 19.4 Å². The zero-order valence-corrected chi connectivity index (χ0v) is 11.1. The van der Waals surface area contributed by atoms with Gasteiger partial charge in [-0.15, -0.1) is 6.58 Å². The van der Waals surface area contributed by atoms with E-state index in [0.29, 0.717) is 0 Å². The highest BCUT2D eigenvalue weighted by Crippen LogP contribution is 2.32. The van der Waals surface area contributed by atoms with Gasteiger partial charge in [-0.1, -0.05) is 12.1 Å². The van der Waals surface area contributed by atoms with Gasteiger partial charge in [-0.25, -0.2) is 0 Å². The molecule has 5 heteroatoms. The lowest BCUT2D eigenvalue weighted by atomic mass is 10.0. The van der Waals surface area contributed by atoms with Gasteiger partial charge in [0, 0.05) is 7.11 Å². The lowest BCUT2D eigenvalue weighted by Gasteiger charge is -2.32. The molecule has 1 aromatic carbocycles. The Bertz CT molecular complexity index is 439. The molecule has 1 unspecified atom stereocenters. The topological polar surface area (TPSA) is 18.5 Å². The van der Waals surface area contributed by atoms with E-state index in [4.69, 9.17) is 9.47 Å². The maximum atomic E-state index is 12.6. The van der Waals surface area contributed by atoms with Crippen molar-refractivity contribution in [3.05, 3.63) is 42.5 Å². The number of hydrogen-bond donors (Lipinski definition) is 0. The molecule has 0 saturated carbocycles. The van der Waals surface area contributed by atoms with E-state index >= 15 is 0 Å². The van der Waals surface area contributed by atoms with Crippen LogP contribution in [0.3, 0.4) is 0 Å². The van der Waals surface area contributed by atoms with Gasteiger partial charge >= 0.3 is 6.18 Å². The van der Waals surface area contributed by atoms with Crippen LogP contribution in [-0.2, 0) is 10.9 Å². The number of ether oxygens (including phenoxy) is 2. The summed E-state index contributed by atoms with van der Waals surface area (Å²) in [7, 11) is 1.49. The Morgan fingerprint density at radius 1 is 1.26 bits per heavy atom. The van der Waals surface area contributed by atoms with Crippen molar-refractivity contribution in [2.45, 2.75) is 31.7 Å². The summed E-state index contributed by atoms with van der Waals surface area (Å²) in [6.45, 7) is 7.06. The summed E-state index contributed by atoms with van der Waals surface area (Å²) in [6.07, 6.45) is -3.27. The Morgan fingerprint density at radius 3 is 2.37 bits per heavy atom. The predicted molar refractivity (Wildman–Crippen MR) is 67.1 cm³/mol. The highest BCUT2D eigenvalue weighted by Gasteiger charge is 2.33. The first-order valence-corrected chi connectivity index (χ1v) is 5.72. The first-order valence-electron chi connectivity index (χ1n) is 5.72. The van der Waals surface area contributed by atoms with E-state index in [-0.39, 0.29) is 5.75 Å². The van der Waals surface area contributed by atoms with Gasteiger partial charge < -0.3 is 9.47 Å². The maximum Gasteiger partial charge on any atom is 0.416 e. The quantitative estimate of drug-likeness (QED) is 0.754. The Hall–Kier alpha value is -1.49. The van der Waals surface area contributed by atoms with Crippen LogP contribution in [0.4, 0.5) is 13.2 Å². The third kappa shape index (κ3) is 3.99. The number of halogens is 3. The van der Waals surface area contributed by atoms with E-state index in [9.17, 15) is 13.2 Å². The fourth-order valence-electron chi connectivity index (χ4n) is 1.76. The zero-order valence-electron chi connectivity index (χ0n) is 11.1. The molecule has 1 atom stereocenters. The molecular formula is C14H17F3O2. The highest BCUT2D eigenvalue weighted by molar-refractivity contribution is 5.31. The van der Waals surface area contributed by atoms with Gasteiger partial charge in [0.15, 0.2) is 0 Å². The number of benzene rings is 1. The Balaban J connectivity index is 2.97. The molecule has 0 spiro atoms. The first kappa shape index (κ1) is 15.6. The van der Waals surface area contributed by atoms with E-state index in [0.717, 1.165) is 12.1 Å². The molecule has 1 aromatic rings. The minimum atomic E-state index is -4.39.